The average molecular weight is 495 g/mol. The fourth-order valence-electron chi connectivity index (χ4n) is 5.50. The molecule has 7 heteroatoms. The molecule has 4 nitrogen and oxygen atoms in total. The van der Waals surface area contributed by atoms with Crippen LogP contribution in [0.15, 0.2) is 72.8 Å². The van der Waals surface area contributed by atoms with E-state index in [9.17, 15) is 18.0 Å². The molecule has 2 aliphatic rings. The Bertz CT molecular complexity index is 1120. The molecule has 0 unspecified atom stereocenters. The first-order chi connectivity index (χ1) is 17.5. The van der Waals surface area contributed by atoms with Crippen LogP contribution in [0.1, 0.15) is 35.6 Å². The Morgan fingerprint density at radius 3 is 1.61 bits per heavy atom. The lowest BCUT2D eigenvalue weighted by Crippen LogP contribution is -2.56. The first kappa shape index (κ1) is 24.5. The van der Waals surface area contributed by atoms with Gasteiger partial charge in [0.05, 0.1) is 11.5 Å². The monoisotopic (exact) mass is 494 g/mol. The fraction of sp³-hybridized carbons (Fsp3) is 0.345. The van der Waals surface area contributed by atoms with Crippen LogP contribution in [0.25, 0.3) is 0 Å². The minimum absolute atomic E-state index is 0.0529. The number of hydrogen-bond acceptors (Lipinski definition) is 3. The maximum atomic E-state index is 13.9. The number of hydrogen-bond donors (Lipinski definition) is 0. The third-order valence-corrected chi connectivity index (χ3v) is 7.49. The number of benzene rings is 3. The second-order valence-corrected chi connectivity index (χ2v) is 9.54. The van der Waals surface area contributed by atoms with Gasteiger partial charge in [-0.3, -0.25) is 9.69 Å². The van der Waals surface area contributed by atoms with Crippen molar-refractivity contribution in [1.82, 2.24) is 9.80 Å². The van der Waals surface area contributed by atoms with Crippen molar-refractivity contribution in [2.24, 2.45) is 0 Å². The molecule has 2 saturated heterocycles. The molecule has 2 aliphatic heterocycles. The lowest BCUT2D eigenvalue weighted by atomic mass is 9.73. The summed E-state index contributed by atoms with van der Waals surface area (Å²) >= 11 is 0. The van der Waals surface area contributed by atoms with Crippen LogP contribution in [0.5, 0.6) is 0 Å². The van der Waals surface area contributed by atoms with E-state index < -0.39 is 5.41 Å². The van der Waals surface area contributed by atoms with Gasteiger partial charge in [0, 0.05) is 39.4 Å². The van der Waals surface area contributed by atoms with Crippen molar-refractivity contribution in [3.8, 4) is 0 Å². The SMILES string of the molecule is O=C(N1CCN(C(c2ccc(F)cc2)c2ccc(F)cc2)CC1)C1(c2ccc(F)cc2)CCOCC1. The average Bonchev–Trinajstić information content (AvgIpc) is 2.92. The molecule has 0 saturated carbocycles. The highest BCUT2D eigenvalue weighted by molar-refractivity contribution is 5.88. The summed E-state index contributed by atoms with van der Waals surface area (Å²) in [4.78, 5) is 18.1. The summed E-state index contributed by atoms with van der Waals surface area (Å²) in [6.07, 6.45) is 1.12. The summed E-state index contributed by atoms with van der Waals surface area (Å²) in [6.45, 7) is 3.26. The van der Waals surface area contributed by atoms with Gasteiger partial charge in [-0.25, -0.2) is 13.2 Å². The van der Waals surface area contributed by atoms with Crippen LogP contribution in [-0.4, -0.2) is 55.1 Å². The van der Waals surface area contributed by atoms with Crippen LogP contribution in [-0.2, 0) is 14.9 Å². The molecule has 188 valence electrons. The van der Waals surface area contributed by atoms with Crippen molar-refractivity contribution in [3.63, 3.8) is 0 Å². The Hall–Kier alpha value is -3.16. The van der Waals surface area contributed by atoms with Gasteiger partial charge in [0.1, 0.15) is 17.5 Å². The molecule has 5 rings (SSSR count). The van der Waals surface area contributed by atoms with E-state index in [1.54, 1.807) is 36.4 Å². The zero-order chi connectivity index (χ0) is 25.1. The maximum absolute atomic E-state index is 13.9. The van der Waals surface area contributed by atoms with E-state index in [-0.39, 0.29) is 29.4 Å². The van der Waals surface area contributed by atoms with Crippen LogP contribution >= 0.6 is 0 Å². The standard InChI is InChI=1S/C29H29F3N2O2/c30-24-7-1-21(2-8-24)27(22-3-9-25(31)10-4-22)33-15-17-34(18-16-33)28(35)29(13-19-36-20-14-29)23-5-11-26(32)12-6-23/h1-12,27H,13-20H2. The zero-order valence-corrected chi connectivity index (χ0v) is 20.0. The quantitative estimate of drug-likeness (QED) is 0.496. The summed E-state index contributed by atoms with van der Waals surface area (Å²) in [5.74, 6) is -0.893. The molecular weight excluding hydrogens is 465 g/mol. The highest BCUT2D eigenvalue weighted by atomic mass is 19.1. The molecule has 0 N–H and O–H groups in total. The topological polar surface area (TPSA) is 32.8 Å². The summed E-state index contributed by atoms with van der Waals surface area (Å²) in [7, 11) is 0. The number of ether oxygens (including phenoxy) is 1. The van der Waals surface area contributed by atoms with Crippen LogP contribution in [0.3, 0.4) is 0 Å². The Morgan fingerprint density at radius 2 is 1.14 bits per heavy atom. The molecule has 0 aromatic heterocycles. The first-order valence-electron chi connectivity index (χ1n) is 12.3. The number of carbonyl (C=O) groups is 1. The molecule has 36 heavy (non-hydrogen) atoms. The lowest BCUT2D eigenvalue weighted by molar-refractivity contribution is -0.143. The summed E-state index contributed by atoms with van der Waals surface area (Å²) < 4.78 is 46.4. The van der Waals surface area contributed by atoms with E-state index in [2.05, 4.69) is 4.90 Å². The molecule has 2 heterocycles. The van der Waals surface area contributed by atoms with Crippen molar-refractivity contribution < 1.29 is 22.7 Å². The highest BCUT2D eigenvalue weighted by Crippen LogP contribution is 2.38. The Labute approximate surface area is 209 Å². The van der Waals surface area contributed by atoms with Gasteiger partial charge in [-0.15, -0.1) is 0 Å². The predicted octanol–water partition coefficient (Wildman–Crippen LogP) is 5.09. The second kappa shape index (κ2) is 10.4. The third kappa shape index (κ3) is 4.90. The van der Waals surface area contributed by atoms with Gasteiger partial charge in [-0.05, 0) is 65.9 Å². The largest absolute Gasteiger partial charge is 0.381 e. The van der Waals surface area contributed by atoms with Crippen molar-refractivity contribution in [2.45, 2.75) is 24.3 Å². The first-order valence-corrected chi connectivity index (χ1v) is 12.3. The molecule has 0 aliphatic carbocycles. The van der Waals surface area contributed by atoms with Crippen molar-refractivity contribution in [3.05, 3.63) is 107 Å². The van der Waals surface area contributed by atoms with Crippen molar-refractivity contribution in [1.29, 1.82) is 0 Å². The maximum Gasteiger partial charge on any atom is 0.233 e. The smallest absolute Gasteiger partial charge is 0.233 e. The fourth-order valence-corrected chi connectivity index (χ4v) is 5.50. The molecule has 0 bridgehead atoms. The Kier molecular flexibility index (Phi) is 7.12. The van der Waals surface area contributed by atoms with Gasteiger partial charge in [0.25, 0.3) is 0 Å². The van der Waals surface area contributed by atoms with Gasteiger partial charge < -0.3 is 9.64 Å². The van der Waals surface area contributed by atoms with Gasteiger partial charge in [-0.1, -0.05) is 36.4 Å². The van der Waals surface area contributed by atoms with Crippen LogP contribution in [0, 0.1) is 17.5 Å². The number of amides is 1. The van der Waals surface area contributed by atoms with E-state index >= 15 is 0 Å². The predicted molar refractivity (Wildman–Crippen MR) is 131 cm³/mol. The number of rotatable bonds is 5. The molecular formula is C29H29F3N2O2. The minimum Gasteiger partial charge on any atom is -0.381 e. The van der Waals surface area contributed by atoms with Gasteiger partial charge in [0.2, 0.25) is 5.91 Å². The van der Waals surface area contributed by atoms with Gasteiger partial charge in [-0.2, -0.15) is 0 Å². The van der Waals surface area contributed by atoms with Crippen LogP contribution in [0.2, 0.25) is 0 Å². The minimum atomic E-state index is -0.721. The highest BCUT2D eigenvalue weighted by Gasteiger charge is 2.45. The second-order valence-electron chi connectivity index (χ2n) is 9.54. The number of nitrogens with zero attached hydrogens (tertiary/aromatic N) is 2. The molecule has 0 atom stereocenters. The zero-order valence-electron chi connectivity index (χ0n) is 20.0. The van der Waals surface area contributed by atoms with Gasteiger partial charge >= 0.3 is 0 Å². The summed E-state index contributed by atoms with van der Waals surface area (Å²) in [5.41, 5.74) is 1.93. The summed E-state index contributed by atoms with van der Waals surface area (Å²) in [6, 6.07) is 18.8. The molecule has 1 amide bonds. The molecule has 0 radical (unpaired) electrons. The van der Waals surface area contributed by atoms with E-state index in [0.29, 0.717) is 52.2 Å². The van der Waals surface area contributed by atoms with E-state index in [0.717, 1.165) is 16.7 Å². The lowest BCUT2D eigenvalue weighted by Gasteiger charge is -2.44. The van der Waals surface area contributed by atoms with Gasteiger partial charge in [0.15, 0.2) is 0 Å². The van der Waals surface area contributed by atoms with Crippen molar-refractivity contribution >= 4 is 5.91 Å². The summed E-state index contributed by atoms with van der Waals surface area (Å²) in [5, 5.41) is 0. The van der Waals surface area contributed by atoms with Crippen LogP contribution < -0.4 is 0 Å². The molecule has 2 fully saturated rings. The van der Waals surface area contributed by atoms with E-state index in [1.807, 2.05) is 4.90 Å². The molecule has 3 aromatic carbocycles. The van der Waals surface area contributed by atoms with E-state index in [1.165, 1.54) is 36.4 Å². The normalized spacial score (nSPS) is 18.4. The molecule has 3 aromatic rings. The van der Waals surface area contributed by atoms with E-state index in [4.69, 9.17) is 4.74 Å². The number of carbonyl (C=O) groups excluding carboxylic acids is 1. The Balaban J connectivity index is 1.37. The van der Waals surface area contributed by atoms with Crippen molar-refractivity contribution in [2.75, 3.05) is 39.4 Å². The molecule has 0 spiro atoms. The number of piperazine rings is 1. The van der Waals surface area contributed by atoms with Crippen LogP contribution in [0.4, 0.5) is 13.2 Å². The number of halogens is 3. The Morgan fingerprint density at radius 1 is 0.694 bits per heavy atom. The third-order valence-electron chi connectivity index (χ3n) is 7.49.